The Hall–Kier alpha value is -0.120. The molecule has 1 spiro atoms. The van der Waals surface area contributed by atoms with Gasteiger partial charge in [0.15, 0.2) is 0 Å². The highest BCUT2D eigenvalue weighted by Gasteiger charge is 2.40. The van der Waals surface area contributed by atoms with Gasteiger partial charge in [-0.2, -0.15) is 0 Å². The van der Waals surface area contributed by atoms with Crippen molar-refractivity contribution in [2.45, 2.75) is 82.5 Å². The molecule has 0 aromatic rings. The van der Waals surface area contributed by atoms with Crippen LogP contribution in [0.1, 0.15) is 64.7 Å². The van der Waals surface area contributed by atoms with E-state index in [1.54, 1.807) is 0 Å². The molecule has 3 nitrogen and oxygen atoms in total. The first-order valence-corrected chi connectivity index (χ1v) is 7.77. The Balaban J connectivity index is 1.58. The van der Waals surface area contributed by atoms with Crippen molar-refractivity contribution in [2.75, 3.05) is 13.1 Å². The molecule has 2 atom stereocenters. The molecule has 1 heterocycles. The molecule has 106 valence electrons. The number of nitrogens with one attached hydrogen (secondary N) is 1. The second-order valence-corrected chi connectivity index (χ2v) is 6.22. The number of rotatable bonds is 6. The van der Waals surface area contributed by atoms with Crippen molar-refractivity contribution >= 4 is 0 Å². The fraction of sp³-hybridized carbons (Fsp3) is 1.00. The van der Waals surface area contributed by atoms with E-state index in [2.05, 4.69) is 5.32 Å². The van der Waals surface area contributed by atoms with Crippen LogP contribution in [-0.2, 0) is 4.74 Å². The normalized spacial score (nSPS) is 28.7. The first-order chi connectivity index (χ1) is 8.70. The van der Waals surface area contributed by atoms with Gasteiger partial charge in [-0.1, -0.05) is 19.3 Å². The highest BCUT2D eigenvalue weighted by molar-refractivity contribution is 4.91. The van der Waals surface area contributed by atoms with Gasteiger partial charge in [-0.05, 0) is 52.0 Å². The molecule has 0 aromatic heterocycles. The molecule has 3 heteroatoms. The maximum absolute atomic E-state index is 9.18. The number of aliphatic hydroxyl groups excluding tert-OH is 1. The highest BCUT2D eigenvalue weighted by Crippen LogP contribution is 2.41. The lowest BCUT2D eigenvalue weighted by Gasteiger charge is -2.33. The SMILES string of the molecule is CC(O)CCCNCC1CCC2(CCCCC2)O1. The van der Waals surface area contributed by atoms with E-state index in [4.69, 9.17) is 4.74 Å². The van der Waals surface area contributed by atoms with Gasteiger partial charge in [-0.15, -0.1) is 0 Å². The molecule has 1 aliphatic carbocycles. The minimum absolute atomic E-state index is 0.167. The lowest BCUT2D eigenvalue weighted by atomic mass is 9.83. The third-order valence-electron chi connectivity index (χ3n) is 4.45. The van der Waals surface area contributed by atoms with Crippen LogP contribution in [0.4, 0.5) is 0 Å². The summed E-state index contributed by atoms with van der Waals surface area (Å²) in [5, 5.41) is 12.6. The Morgan fingerprint density at radius 1 is 1.28 bits per heavy atom. The molecule has 18 heavy (non-hydrogen) atoms. The summed E-state index contributed by atoms with van der Waals surface area (Å²) in [7, 11) is 0. The van der Waals surface area contributed by atoms with E-state index < -0.39 is 0 Å². The van der Waals surface area contributed by atoms with Crippen molar-refractivity contribution in [1.82, 2.24) is 5.32 Å². The van der Waals surface area contributed by atoms with Crippen molar-refractivity contribution in [3.63, 3.8) is 0 Å². The lowest BCUT2D eigenvalue weighted by Crippen LogP contribution is -2.34. The van der Waals surface area contributed by atoms with Gasteiger partial charge in [0.05, 0.1) is 17.8 Å². The molecular weight excluding hydrogens is 226 g/mol. The van der Waals surface area contributed by atoms with Crippen LogP contribution >= 0.6 is 0 Å². The van der Waals surface area contributed by atoms with Gasteiger partial charge >= 0.3 is 0 Å². The van der Waals surface area contributed by atoms with Gasteiger partial charge in [0.1, 0.15) is 0 Å². The van der Waals surface area contributed by atoms with E-state index >= 15 is 0 Å². The fourth-order valence-corrected chi connectivity index (χ4v) is 3.39. The monoisotopic (exact) mass is 255 g/mol. The van der Waals surface area contributed by atoms with Crippen molar-refractivity contribution in [3.05, 3.63) is 0 Å². The second-order valence-electron chi connectivity index (χ2n) is 6.22. The van der Waals surface area contributed by atoms with Gasteiger partial charge in [0.2, 0.25) is 0 Å². The Morgan fingerprint density at radius 2 is 2.06 bits per heavy atom. The average molecular weight is 255 g/mol. The molecular formula is C15H29NO2. The average Bonchev–Trinajstić information content (AvgIpc) is 2.72. The maximum atomic E-state index is 9.18. The summed E-state index contributed by atoms with van der Waals surface area (Å²) in [4.78, 5) is 0. The summed E-state index contributed by atoms with van der Waals surface area (Å²) in [6.07, 6.45) is 11.4. The maximum Gasteiger partial charge on any atom is 0.0708 e. The van der Waals surface area contributed by atoms with Crippen LogP contribution in [0.15, 0.2) is 0 Å². The predicted molar refractivity (Wildman–Crippen MR) is 73.7 cm³/mol. The second kappa shape index (κ2) is 6.88. The molecule has 0 radical (unpaired) electrons. The zero-order valence-electron chi connectivity index (χ0n) is 11.8. The number of hydrogen-bond donors (Lipinski definition) is 2. The number of hydrogen-bond acceptors (Lipinski definition) is 3. The predicted octanol–water partition coefficient (Wildman–Crippen LogP) is 2.62. The molecule has 2 rings (SSSR count). The van der Waals surface area contributed by atoms with Crippen LogP contribution in [0, 0.1) is 0 Å². The molecule has 2 N–H and O–H groups in total. The van der Waals surface area contributed by atoms with Crippen LogP contribution in [0.2, 0.25) is 0 Å². The first-order valence-electron chi connectivity index (χ1n) is 7.77. The summed E-state index contributed by atoms with van der Waals surface area (Å²) in [6, 6.07) is 0. The summed E-state index contributed by atoms with van der Waals surface area (Å²) >= 11 is 0. The van der Waals surface area contributed by atoms with E-state index in [0.717, 1.165) is 25.9 Å². The number of aliphatic hydroxyl groups is 1. The van der Waals surface area contributed by atoms with Gasteiger partial charge in [-0.25, -0.2) is 0 Å². The van der Waals surface area contributed by atoms with Crippen molar-refractivity contribution in [2.24, 2.45) is 0 Å². The molecule has 1 saturated carbocycles. The van der Waals surface area contributed by atoms with E-state index in [1.807, 2.05) is 6.92 Å². The zero-order chi connectivity index (χ0) is 12.8. The molecule has 2 fully saturated rings. The van der Waals surface area contributed by atoms with Crippen molar-refractivity contribution in [1.29, 1.82) is 0 Å². The molecule has 1 aliphatic heterocycles. The van der Waals surface area contributed by atoms with E-state index in [0.29, 0.717) is 6.10 Å². The Kier molecular flexibility index (Phi) is 5.46. The van der Waals surface area contributed by atoms with Crippen LogP contribution in [-0.4, -0.2) is 36.0 Å². The minimum Gasteiger partial charge on any atom is -0.393 e. The highest BCUT2D eigenvalue weighted by atomic mass is 16.5. The smallest absolute Gasteiger partial charge is 0.0708 e. The van der Waals surface area contributed by atoms with Crippen LogP contribution in [0.5, 0.6) is 0 Å². The van der Waals surface area contributed by atoms with Gasteiger partial charge < -0.3 is 15.2 Å². The molecule has 1 saturated heterocycles. The summed E-state index contributed by atoms with van der Waals surface area (Å²) in [6.45, 7) is 3.84. The third kappa shape index (κ3) is 4.22. The molecule has 0 aromatic carbocycles. The summed E-state index contributed by atoms with van der Waals surface area (Å²) in [5.74, 6) is 0. The van der Waals surface area contributed by atoms with Gasteiger partial charge in [0.25, 0.3) is 0 Å². The Bertz CT molecular complexity index is 237. The van der Waals surface area contributed by atoms with Gasteiger partial charge in [0, 0.05) is 6.54 Å². The molecule has 0 bridgehead atoms. The Morgan fingerprint density at radius 3 is 2.78 bits per heavy atom. The lowest BCUT2D eigenvalue weighted by molar-refractivity contribution is -0.0623. The minimum atomic E-state index is -0.167. The van der Waals surface area contributed by atoms with Crippen molar-refractivity contribution < 1.29 is 9.84 Å². The topological polar surface area (TPSA) is 41.5 Å². The zero-order valence-corrected chi connectivity index (χ0v) is 11.8. The van der Waals surface area contributed by atoms with Gasteiger partial charge in [-0.3, -0.25) is 0 Å². The third-order valence-corrected chi connectivity index (χ3v) is 4.45. The van der Waals surface area contributed by atoms with E-state index in [1.165, 1.54) is 44.9 Å². The quantitative estimate of drug-likeness (QED) is 0.717. The van der Waals surface area contributed by atoms with Crippen LogP contribution in [0.3, 0.4) is 0 Å². The number of ether oxygens (including phenoxy) is 1. The molecule has 2 unspecified atom stereocenters. The van der Waals surface area contributed by atoms with Crippen LogP contribution < -0.4 is 5.32 Å². The summed E-state index contributed by atoms with van der Waals surface area (Å²) < 4.78 is 6.31. The molecule has 0 amide bonds. The molecule has 2 aliphatic rings. The fourth-order valence-electron chi connectivity index (χ4n) is 3.39. The Labute approximate surface area is 111 Å². The van der Waals surface area contributed by atoms with E-state index in [9.17, 15) is 5.11 Å². The first kappa shape index (κ1) is 14.3. The van der Waals surface area contributed by atoms with E-state index in [-0.39, 0.29) is 11.7 Å². The summed E-state index contributed by atoms with van der Waals surface area (Å²) in [5.41, 5.74) is 0.254. The standard InChI is InChI=1S/C15H29NO2/c1-13(17)6-5-11-16-12-14-7-10-15(18-14)8-3-2-4-9-15/h13-14,16-17H,2-12H2,1H3. The van der Waals surface area contributed by atoms with Crippen LogP contribution in [0.25, 0.3) is 0 Å². The largest absolute Gasteiger partial charge is 0.393 e. The van der Waals surface area contributed by atoms with Crippen molar-refractivity contribution in [3.8, 4) is 0 Å².